The number of anilines is 1. The molecule has 0 N–H and O–H groups in total. The molecule has 0 spiro atoms. The van der Waals surface area contributed by atoms with Gasteiger partial charge in [0.15, 0.2) is 0 Å². The molecule has 156 valence electrons. The topological polar surface area (TPSA) is 58.7 Å². The van der Waals surface area contributed by atoms with Gasteiger partial charge >= 0.3 is 5.63 Å². The average molecular weight is 456 g/mol. The highest BCUT2D eigenvalue weighted by atomic mass is 32.1. The lowest BCUT2D eigenvalue weighted by atomic mass is 10.0. The second-order valence-electron chi connectivity index (χ2n) is 7.50. The molecule has 1 atom stereocenters. The van der Waals surface area contributed by atoms with Crippen LogP contribution in [0.25, 0.3) is 22.2 Å². The van der Waals surface area contributed by atoms with E-state index in [0.29, 0.717) is 16.8 Å². The van der Waals surface area contributed by atoms with Gasteiger partial charge in [-0.2, -0.15) is 5.10 Å². The van der Waals surface area contributed by atoms with Gasteiger partial charge in [-0.1, -0.05) is 54.6 Å². The molecule has 0 fully saturated rings. The maximum absolute atomic E-state index is 12.6. The lowest BCUT2D eigenvalue weighted by molar-refractivity contribution is 0.563. The summed E-state index contributed by atoms with van der Waals surface area (Å²) in [4.78, 5) is 18.6. The molecule has 0 aliphatic carbocycles. The number of rotatable bonds is 4. The van der Waals surface area contributed by atoms with Gasteiger partial charge in [-0.25, -0.2) is 14.8 Å². The minimum Gasteiger partial charge on any atom is -0.422 e. The first kappa shape index (κ1) is 19.2. The summed E-state index contributed by atoms with van der Waals surface area (Å²) in [7, 11) is 0. The Morgan fingerprint density at radius 1 is 0.969 bits per heavy atom. The number of thiophene rings is 1. The Morgan fingerprint density at radius 3 is 2.66 bits per heavy atom. The SMILES string of the molecule is O=c1oc2ccccc2cc1-c1csc(N2N=C(c3cccs3)CC2c2ccccc2)n1. The molecule has 2 aromatic carbocycles. The summed E-state index contributed by atoms with van der Waals surface area (Å²) >= 11 is 3.18. The van der Waals surface area contributed by atoms with E-state index < -0.39 is 0 Å². The number of thiazole rings is 1. The van der Waals surface area contributed by atoms with Crippen LogP contribution in [0.15, 0.2) is 97.9 Å². The highest BCUT2D eigenvalue weighted by Gasteiger charge is 2.32. The third-order valence-electron chi connectivity index (χ3n) is 5.51. The maximum Gasteiger partial charge on any atom is 0.345 e. The second kappa shape index (κ2) is 7.85. The normalized spacial score (nSPS) is 15.9. The highest BCUT2D eigenvalue weighted by Crippen LogP contribution is 2.39. The van der Waals surface area contributed by atoms with E-state index in [9.17, 15) is 4.79 Å². The lowest BCUT2D eigenvalue weighted by Crippen LogP contribution is -2.18. The van der Waals surface area contributed by atoms with Crippen LogP contribution in [-0.4, -0.2) is 10.7 Å². The van der Waals surface area contributed by atoms with Crippen LogP contribution in [0.2, 0.25) is 0 Å². The van der Waals surface area contributed by atoms with Crippen LogP contribution < -0.4 is 10.6 Å². The number of hydrogen-bond donors (Lipinski definition) is 0. The van der Waals surface area contributed by atoms with Gasteiger partial charge in [-0.15, -0.1) is 22.7 Å². The van der Waals surface area contributed by atoms with E-state index in [1.54, 1.807) is 17.4 Å². The molecule has 1 unspecified atom stereocenters. The highest BCUT2D eigenvalue weighted by molar-refractivity contribution is 7.14. The monoisotopic (exact) mass is 455 g/mol. The van der Waals surface area contributed by atoms with Crippen LogP contribution in [0.3, 0.4) is 0 Å². The zero-order valence-electron chi connectivity index (χ0n) is 16.8. The fourth-order valence-electron chi connectivity index (χ4n) is 3.95. The zero-order chi connectivity index (χ0) is 21.5. The molecule has 3 aromatic heterocycles. The first-order valence-corrected chi connectivity index (χ1v) is 12.0. The molecule has 0 saturated carbocycles. The Kier molecular flexibility index (Phi) is 4.70. The molecule has 6 rings (SSSR count). The first-order chi connectivity index (χ1) is 15.8. The molecule has 0 amide bonds. The van der Waals surface area contributed by atoms with Gasteiger partial charge in [0.1, 0.15) is 5.58 Å². The van der Waals surface area contributed by atoms with Crippen molar-refractivity contribution in [2.75, 3.05) is 5.01 Å². The number of fused-ring (bicyclic) bond motifs is 1. The van der Waals surface area contributed by atoms with Crippen molar-refractivity contribution in [1.29, 1.82) is 0 Å². The predicted molar refractivity (Wildman–Crippen MR) is 131 cm³/mol. The summed E-state index contributed by atoms with van der Waals surface area (Å²) in [6.07, 6.45) is 0.803. The largest absolute Gasteiger partial charge is 0.422 e. The van der Waals surface area contributed by atoms with E-state index >= 15 is 0 Å². The quantitative estimate of drug-likeness (QED) is 0.297. The van der Waals surface area contributed by atoms with Crippen molar-refractivity contribution < 1.29 is 4.42 Å². The molecule has 4 heterocycles. The van der Waals surface area contributed by atoms with E-state index in [1.807, 2.05) is 58.9 Å². The van der Waals surface area contributed by atoms with Gasteiger partial charge in [-0.05, 0) is 29.1 Å². The molecule has 32 heavy (non-hydrogen) atoms. The minimum atomic E-state index is -0.385. The predicted octanol–water partition coefficient (Wildman–Crippen LogP) is 6.33. The third kappa shape index (κ3) is 3.36. The molecule has 0 bridgehead atoms. The molecular weight excluding hydrogens is 438 g/mol. The number of hydrazone groups is 1. The Labute approximate surface area is 191 Å². The molecule has 0 radical (unpaired) electrons. The summed E-state index contributed by atoms with van der Waals surface area (Å²) in [6.45, 7) is 0. The van der Waals surface area contributed by atoms with E-state index in [2.05, 4.69) is 23.6 Å². The number of nitrogens with zero attached hydrogens (tertiary/aromatic N) is 3. The van der Waals surface area contributed by atoms with Crippen molar-refractivity contribution in [2.45, 2.75) is 12.5 Å². The Hall–Kier alpha value is -3.55. The van der Waals surface area contributed by atoms with Gasteiger partial charge in [0.25, 0.3) is 0 Å². The Bertz CT molecular complexity index is 1490. The van der Waals surface area contributed by atoms with Crippen LogP contribution in [-0.2, 0) is 0 Å². The van der Waals surface area contributed by atoms with Gasteiger partial charge in [0.05, 0.1) is 27.9 Å². The summed E-state index contributed by atoms with van der Waals surface area (Å²) in [5.41, 5.74) is 3.50. The lowest BCUT2D eigenvalue weighted by Gasteiger charge is -2.21. The average Bonchev–Trinajstić information content (AvgIpc) is 3.59. The van der Waals surface area contributed by atoms with Crippen LogP contribution in [0.4, 0.5) is 5.13 Å². The fraction of sp³-hybridized carbons (Fsp3) is 0.0800. The van der Waals surface area contributed by atoms with E-state index in [1.165, 1.54) is 21.8 Å². The van der Waals surface area contributed by atoms with Crippen molar-refractivity contribution in [1.82, 2.24) is 4.98 Å². The molecule has 1 aliphatic rings. The zero-order valence-corrected chi connectivity index (χ0v) is 18.5. The minimum absolute atomic E-state index is 0.0558. The van der Waals surface area contributed by atoms with E-state index in [0.717, 1.165) is 22.7 Å². The maximum atomic E-state index is 12.6. The van der Waals surface area contributed by atoms with Crippen LogP contribution in [0, 0.1) is 0 Å². The molecule has 7 heteroatoms. The smallest absolute Gasteiger partial charge is 0.345 e. The summed E-state index contributed by atoms with van der Waals surface area (Å²) in [5, 5.41) is 12.5. The van der Waals surface area contributed by atoms with Gasteiger partial charge in [0.2, 0.25) is 5.13 Å². The first-order valence-electron chi connectivity index (χ1n) is 10.2. The number of benzene rings is 2. The summed E-state index contributed by atoms with van der Waals surface area (Å²) < 4.78 is 5.51. The van der Waals surface area contributed by atoms with Gasteiger partial charge < -0.3 is 4.42 Å². The van der Waals surface area contributed by atoms with Crippen LogP contribution >= 0.6 is 22.7 Å². The van der Waals surface area contributed by atoms with Crippen molar-refractivity contribution >= 4 is 44.5 Å². The molecule has 5 nitrogen and oxygen atoms in total. The number of hydrogen-bond acceptors (Lipinski definition) is 7. The van der Waals surface area contributed by atoms with Crippen LogP contribution in [0.1, 0.15) is 22.9 Å². The summed E-state index contributed by atoms with van der Waals surface area (Å²) in [6, 6.07) is 23.9. The standard InChI is InChI=1S/C25H17N3O2S2/c29-24-18(13-17-9-4-5-10-22(17)30-24)20-15-32-25(26-20)28-21(16-7-2-1-3-8-16)14-19(27-28)23-11-6-12-31-23/h1-13,15,21H,14H2. The van der Waals surface area contributed by atoms with Crippen molar-refractivity contribution in [2.24, 2.45) is 5.10 Å². The Balaban J connectivity index is 1.42. The molecule has 0 saturated heterocycles. The second-order valence-corrected chi connectivity index (χ2v) is 9.28. The third-order valence-corrected chi connectivity index (χ3v) is 7.25. The number of para-hydroxylation sites is 1. The van der Waals surface area contributed by atoms with Gasteiger partial charge in [0, 0.05) is 17.2 Å². The Morgan fingerprint density at radius 2 is 1.81 bits per heavy atom. The van der Waals surface area contributed by atoms with Crippen molar-refractivity contribution in [3.05, 3.63) is 104 Å². The van der Waals surface area contributed by atoms with Crippen molar-refractivity contribution in [3.8, 4) is 11.3 Å². The molecular formula is C25H17N3O2S2. The molecule has 5 aromatic rings. The van der Waals surface area contributed by atoms with Gasteiger partial charge in [-0.3, -0.25) is 0 Å². The molecule has 1 aliphatic heterocycles. The van der Waals surface area contributed by atoms with Crippen molar-refractivity contribution in [3.63, 3.8) is 0 Å². The van der Waals surface area contributed by atoms with E-state index in [-0.39, 0.29) is 11.7 Å². The fourth-order valence-corrected chi connectivity index (χ4v) is 5.49. The van der Waals surface area contributed by atoms with E-state index in [4.69, 9.17) is 14.5 Å². The number of aromatic nitrogens is 1. The summed E-state index contributed by atoms with van der Waals surface area (Å²) in [5.74, 6) is 0. The van der Waals surface area contributed by atoms with Crippen LogP contribution in [0.5, 0.6) is 0 Å².